The number of furan rings is 1. The van der Waals surface area contributed by atoms with Crippen LogP contribution in [-0.4, -0.2) is 10.9 Å². The summed E-state index contributed by atoms with van der Waals surface area (Å²) in [6.07, 6.45) is 0. The average Bonchev–Trinajstić information content (AvgIpc) is 2.70. The first-order chi connectivity index (χ1) is 6.66. The Bertz CT molecular complexity index is 467. The summed E-state index contributed by atoms with van der Waals surface area (Å²) in [6, 6.07) is 5.17. The standard InChI is InChI=1S/C10H9NO3/c1-6-3-4-9(13-6)10-5-8(7(2)12)11-14-10/h3-5H,1-2H3. The highest BCUT2D eigenvalue weighted by molar-refractivity contribution is 5.92. The van der Waals surface area contributed by atoms with E-state index < -0.39 is 0 Å². The number of nitrogens with zero attached hydrogens (tertiary/aromatic N) is 1. The summed E-state index contributed by atoms with van der Waals surface area (Å²) in [7, 11) is 0. The van der Waals surface area contributed by atoms with Gasteiger partial charge >= 0.3 is 0 Å². The minimum absolute atomic E-state index is 0.122. The highest BCUT2D eigenvalue weighted by atomic mass is 16.5. The zero-order valence-electron chi connectivity index (χ0n) is 7.90. The normalized spacial score (nSPS) is 10.4. The Morgan fingerprint density at radius 1 is 1.36 bits per heavy atom. The highest BCUT2D eigenvalue weighted by Crippen LogP contribution is 2.22. The molecule has 2 aromatic rings. The Morgan fingerprint density at radius 2 is 2.14 bits per heavy atom. The number of ketones is 1. The average molecular weight is 191 g/mol. The smallest absolute Gasteiger partial charge is 0.202 e. The van der Waals surface area contributed by atoms with Gasteiger partial charge in [0.15, 0.2) is 11.5 Å². The van der Waals surface area contributed by atoms with Gasteiger partial charge in [0.2, 0.25) is 5.76 Å². The monoisotopic (exact) mass is 191 g/mol. The van der Waals surface area contributed by atoms with Crippen molar-refractivity contribution in [1.29, 1.82) is 0 Å². The summed E-state index contributed by atoms with van der Waals surface area (Å²) in [6.45, 7) is 3.28. The summed E-state index contributed by atoms with van der Waals surface area (Å²) >= 11 is 0. The molecule has 0 saturated heterocycles. The molecule has 0 aliphatic carbocycles. The van der Waals surface area contributed by atoms with Crippen LogP contribution in [0.25, 0.3) is 11.5 Å². The Balaban J connectivity index is 2.38. The van der Waals surface area contributed by atoms with E-state index in [2.05, 4.69) is 5.16 Å². The van der Waals surface area contributed by atoms with Crippen LogP contribution in [0.2, 0.25) is 0 Å². The molecule has 0 fully saturated rings. The van der Waals surface area contributed by atoms with Gasteiger partial charge in [0.1, 0.15) is 11.5 Å². The van der Waals surface area contributed by atoms with Crippen LogP contribution in [0.5, 0.6) is 0 Å². The number of Topliss-reactive ketones (excluding diaryl/α,β-unsaturated/α-hetero) is 1. The molecule has 0 N–H and O–H groups in total. The van der Waals surface area contributed by atoms with Gasteiger partial charge in [0, 0.05) is 13.0 Å². The molecule has 4 heteroatoms. The Kier molecular flexibility index (Phi) is 1.96. The van der Waals surface area contributed by atoms with Crippen molar-refractivity contribution in [3.63, 3.8) is 0 Å². The van der Waals surface area contributed by atoms with Crippen molar-refractivity contribution in [2.75, 3.05) is 0 Å². The van der Waals surface area contributed by atoms with Gasteiger partial charge in [-0.15, -0.1) is 0 Å². The van der Waals surface area contributed by atoms with Crippen molar-refractivity contribution in [1.82, 2.24) is 5.16 Å². The van der Waals surface area contributed by atoms with E-state index in [9.17, 15) is 4.79 Å². The molecule has 2 rings (SSSR count). The highest BCUT2D eigenvalue weighted by Gasteiger charge is 2.12. The van der Waals surface area contributed by atoms with Crippen LogP contribution in [0.1, 0.15) is 23.2 Å². The summed E-state index contributed by atoms with van der Waals surface area (Å²) in [5.41, 5.74) is 0.314. The molecule has 0 amide bonds. The van der Waals surface area contributed by atoms with Gasteiger partial charge in [-0.2, -0.15) is 0 Å². The molecule has 0 atom stereocenters. The lowest BCUT2D eigenvalue weighted by molar-refractivity contribution is 0.100. The number of carbonyl (C=O) groups excluding carboxylic acids is 1. The first-order valence-corrected chi connectivity index (χ1v) is 4.21. The summed E-state index contributed by atoms with van der Waals surface area (Å²) in [5.74, 6) is 1.73. The zero-order valence-corrected chi connectivity index (χ0v) is 7.90. The molecule has 4 nitrogen and oxygen atoms in total. The maximum absolute atomic E-state index is 10.9. The van der Waals surface area contributed by atoms with E-state index in [0.29, 0.717) is 17.2 Å². The van der Waals surface area contributed by atoms with E-state index >= 15 is 0 Å². The molecule has 0 aliphatic heterocycles. The molecule has 2 heterocycles. The Labute approximate surface area is 80.5 Å². The van der Waals surface area contributed by atoms with Crippen molar-refractivity contribution in [3.05, 3.63) is 29.7 Å². The SMILES string of the molecule is CC(=O)c1cc(-c2ccc(C)o2)on1. The molecule has 0 bridgehead atoms. The third-order valence-electron chi connectivity index (χ3n) is 1.85. The fourth-order valence-corrected chi connectivity index (χ4v) is 1.12. The van der Waals surface area contributed by atoms with Gasteiger partial charge in [-0.3, -0.25) is 4.79 Å². The second kappa shape index (κ2) is 3.14. The van der Waals surface area contributed by atoms with E-state index in [0.717, 1.165) is 5.76 Å². The van der Waals surface area contributed by atoms with Gasteiger partial charge in [-0.1, -0.05) is 5.16 Å². The van der Waals surface area contributed by atoms with Crippen molar-refractivity contribution in [3.8, 4) is 11.5 Å². The summed E-state index contributed by atoms with van der Waals surface area (Å²) in [5, 5.41) is 3.62. The zero-order chi connectivity index (χ0) is 10.1. The second-order valence-corrected chi connectivity index (χ2v) is 3.04. The molecule has 72 valence electrons. The number of aryl methyl sites for hydroxylation is 1. The van der Waals surface area contributed by atoms with Crippen molar-refractivity contribution in [2.24, 2.45) is 0 Å². The molecular formula is C10H9NO3. The largest absolute Gasteiger partial charge is 0.458 e. The van der Waals surface area contributed by atoms with Gasteiger partial charge < -0.3 is 8.94 Å². The molecule has 0 saturated carbocycles. The number of hydrogen-bond donors (Lipinski definition) is 0. The van der Waals surface area contributed by atoms with E-state index in [-0.39, 0.29) is 5.78 Å². The van der Waals surface area contributed by atoms with E-state index in [4.69, 9.17) is 8.94 Å². The van der Waals surface area contributed by atoms with E-state index in [1.807, 2.05) is 13.0 Å². The number of aromatic nitrogens is 1. The number of carbonyl (C=O) groups is 1. The van der Waals surface area contributed by atoms with Crippen LogP contribution in [0, 0.1) is 6.92 Å². The van der Waals surface area contributed by atoms with Crippen LogP contribution >= 0.6 is 0 Å². The van der Waals surface area contributed by atoms with Gasteiger partial charge in [-0.25, -0.2) is 0 Å². The van der Waals surface area contributed by atoms with Crippen LogP contribution in [-0.2, 0) is 0 Å². The molecular weight excluding hydrogens is 182 g/mol. The van der Waals surface area contributed by atoms with Crippen LogP contribution in [0.4, 0.5) is 0 Å². The lowest BCUT2D eigenvalue weighted by Crippen LogP contribution is -1.89. The van der Waals surface area contributed by atoms with Crippen molar-refractivity contribution >= 4 is 5.78 Å². The first-order valence-electron chi connectivity index (χ1n) is 4.21. The molecule has 0 aliphatic rings. The lowest BCUT2D eigenvalue weighted by atomic mass is 10.2. The Morgan fingerprint density at radius 3 is 2.64 bits per heavy atom. The quantitative estimate of drug-likeness (QED) is 0.684. The molecule has 2 aromatic heterocycles. The Hall–Kier alpha value is -1.84. The topological polar surface area (TPSA) is 56.2 Å². The van der Waals surface area contributed by atoms with Crippen LogP contribution < -0.4 is 0 Å². The maximum atomic E-state index is 10.9. The lowest BCUT2D eigenvalue weighted by Gasteiger charge is -1.85. The van der Waals surface area contributed by atoms with E-state index in [1.165, 1.54) is 6.92 Å². The van der Waals surface area contributed by atoms with Gasteiger partial charge in [0.25, 0.3) is 0 Å². The minimum Gasteiger partial charge on any atom is -0.458 e. The number of rotatable bonds is 2. The fraction of sp³-hybridized carbons (Fsp3) is 0.200. The van der Waals surface area contributed by atoms with E-state index in [1.54, 1.807) is 12.1 Å². The van der Waals surface area contributed by atoms with Crippen molar-refractivity contribution in [2.45, 2.75) is 13.8 Å². The molecule has 0 spiro atoms. The summed E-state index contributed by atoms with van der Waals surface area (Å²) in [4.78, 5) is 10.9. The van der Waals surface area contributed by atoms with Crippen molar-refractivity contribution < 1.29 is 13.7 Å². The third-order valence-corrected chi connectivity index (χ3v) is 1.85. The summed E-state index contributed by atoms with van der Waals surface area (Å²) < 4.78 is 10.3. The second-order valence-electron chi connectivity index (χ2n) is 3.04. The first kappa shape index (κ1) is 8.74. The fourth-order valence-electron chi connectivity index (χ4n) is 1.12. The molecule has 0 unspecified atom stereocenters. The minimum atomic E-state index is -0.122. The van der Waals surface area contributed by atoms with Crippen LogP contribution in [0.3, 0.4) is 0 Å². The van der Waals surface area contributed by atoms with Gasteiger partial charge in [0.05, 0.1) is 0 Å². The van der Waals surface area contributed by atoms with Crippen LogP contribution in [0.15, 0.2) is 27.1 Å². The molecule has 0 radical (unpaired) electrons. The third kappa shape index (κ3) is 1.46. The molecule has 0 aromatic carbocycles. The predicted molar refractivity (Wildman–Crippen MR) is 48.9 cm³/mol. The predicted octanol–water partition coefficient (Wildman–Crippen LogP) is 2.45. The van der Waals surface area contributed by atoms with Gasteiger partial charge in [-0.05, 0) is 19.1 Å². The maximum Gasteiger partial charge on any atom is 0.202 e. The number of hydrogen-bond acceptors (Lipinski definition) is 4. The molecule has 14 heavy (non-hydrogen) atoms.